The van der Waals surface area contributed by atoms with Crippen LogP contribution in [0.2, 0.25) is 0 Å². The zero-order valence-electron chi connectivity index (χ0n) is 17.3. The molecule has 2 heterocycles. The zero-order chi connectivity index (χ0) is 21.1. The van der Waals surface area contributed by atoms with Crippen LogP contribution in [0.5, 0.6) is 0 Å². The minimum absolute atomic E-state index is 0.109. The molecular weight excluding hydrogens is 352 g/mol. The van der Waals surface area contributed by atoms with Gasteiger partial charge >= 0.3 is 0 Å². The van der Waals surface area contributed by atoms with E-state index in [4.69, 9.17) is 33.9 Å². The van der Waals surface area contributed by atoms with E-state index < -0.39 is 6.29 Å². The van der Waals surface area contributed by atoms with E-state index in [1.807, 2.05) is 13.8 Å². The van der Waals surface area contributed by atoms with Gasteiger partial charge in [-0.3, -0.25) is 0 Å². The summed E-state index contributed by atoms with van der Waals surface area (Å²) in [5.74, 6) is 0.480. The van der Waals surface area contributed by atoms with Crippen LogP contribution in [0.4, 0.5) is 0 Å². The van der Waals surface area contributed by atoms with E-state index in [0.29, 0.717) is 38.8 Å². The maximum atomic E-state index is 8.25. The van der Waals surface area contributed by atoms with Crippen molar-refractivity contribution in [3.63, 3.8) is 0 Å². The van der Waals surface area contributed by atoms with Crippen molar-refractivity contribution in [2.45, 2.75) is 58.4 Å². The Kier molecular flexibility index (Phi) is 21.0. The summed E-state index contributed by atoms with van der Waals surface area (Å²) < 4.78 is 27.1. The maximum absolute atomic E-state index is 8.25. The SMILES string of the molecule is C=C.C=C.CCOCCC(O)O.CCOCCC1OC[C@H]2OC[C@H](C)[C@H]2O1. The van der Waals surface area contributed by atoms with Gasteiger partial charge in [-0.15, -0.1) is 26.3 Å². The second-order valence-corrected chi connectivity index (χ2v) is 5.66. The number of aliphatic hydroxyl groups is 2. The Balaban J connectivity index is 0. The fourth-order valence-electron chi connectivity index (χ4n) is 2.42. The smallest absolute Gasteiger partial charge is 0.160 e. The van der Waals surface area contributed by atoms with Crippen molar-refractivity contribution in [3.8, 4) is 0 Å². The maximum Gasteiger partial charge on any atom is 0.160 e. The normalized spacial score (nSPS) is 25.9. The molecule has 4 atom stereocenters. The monoisotopic (exact) mass is 392 g/mol. The van der Waals surface area contributed by atoms with Crippen LogP contribution in [0.1, 0.15) is 33.6 Å². The van der Waals surface area contributed by atoms with Crippen LogP contribution in [-0.2, 0) is 23.7 Å². The predicted octanol–water partition coefficient (Wildman–Crippen LogP) is 2.52. The molecule has 0 saturated carbocycles. The molecule has 0 aromatic heterocycles. The number of ether oxygens (including phenoxy) is 5. The van der Waals surface area contributed by atoms with Crippen molar-refractivity contribution in [1.82, 2.24) is 0 Å². The molecule has 2 N–H and O–H groups in total. The van der Waals surface area contributed by atoms with Gasteiger partial charge < -0.3 is 33.9 Å². The Bertz CT molecular complexity index is 313. The first-order chi connectivity index (χ1) is 13.1. The van der Waals surface area contributed by atoms with Gasteiger partial charge in [0, 0.05) is 32.0 Å². The Hall–Kier alpha value is -0.800. The van der Waals surface area contributed by atoms with Crippen molar-refractivity contribution in [1.29, 1.82) is 0 Å². The summed E-state index contributed by atoms with van der Waals surface area (Å²) in [6.07, 6.45) is 0.134. The van der Waals surface area contributed by atoms with E-state index >= 15 is 0 Å². The van der Waals surface area contributed by atoms with Gasteiger partial charge in [-0.2, -0.15) is 0 Å². The van der Waals surface area contributed by atoms with Crippen molar-refractivity contribution in [2.24, 2.45) is 5.92 Å². The number of fused-ring (bicyclic) bond motifs is 1. The number of hydrogen-bond donors (Lipinski definition) is 2. The molecule has 1 unspecified atom stereocenters. The van der Waals surface area contributed by atoms with Gasteiger partial charge in [0.1, 0.15) is 6.10 Å². The minimum Gasteiger partial charge on any atom is -0.382 e. The average Bonchev–Trinajstić information content (AvgIpc) is 3.06. The van der Waals surface area contributed by atoms with E-state index in [2.05, 4.69) is 33.2 Å². The number of rotatable bonds is 8. The third kappa shape index (κ3) is 13.9. The molecular formula is C20H40O7. The first kappa shape index (κ1) is 28.4. The molecule has 0 bridgehead atoms. The lowest BCUT2D eigenvalue weighted by Gasteiger charge is -2.33. The van der Waals surface area contributed by atoms with Crippen molar-refractivity contribution >= 4 is 0 Å². The highest BCUT2D eigenvalue weighted by Crippen LogP contribution is 2.29. The van der Waals surface area contributed by atoms with Crippen molar-refractivity contribution in [3.05, 3.63) is 26.3 Å². The highest BCUT2D eigenvalue weighted by molar-refractivity contribution is 4.85. The molecule has 0 aromatic carbocycles. The van der Waals surface area contributed by atoms with E-state index in [9.17, 15) is 0 Å². The summed E-state index contributed by atoms with van der Waals surface area (Å²) in [6.45, 7) is 22.0. The molecule has 7 heteroatoms. The Morgan fingerprint density at radius 2 is 1.56 bits per heavy atom. The molecule has 0 aliphatic carbocycles. The molecule has 2 rings (SSSR count). The molecule has 0 aromatic rings. The minimum atomic E-state index is -1.22. The quantitative estimate of drug-likeness (QED) is 0.373. The third-order valence-corrected chi connectivity index (χ3v) is 3.68. The highest BCUT2D eigenvalue weighted by Gasteiger charge is 2.40. The van der Waals surface area contributed by atoms with E-state index in [1.54, 1.807) is 0 Å². The molecule has 0 amide bonds. The van der Waals surface area contributed by atoms with Crippen molar-refractivity contribution < 1.29 is 33.9 Å². The van der Waals surface area contributed by atoms with Crippen LogP contribution in [0.3, 0.4) is 0 Å². The molecule has 162 valence electrons. The van der Waals surface area contributed by atoms with Gasteiger partial charge in [0.05, 0.1) is 32.5 Å². The molecule has 27 heavy (non-hydrogen) atoms. The number of aliphatic hydroxyl groups excluding tert-OH is 1. The highest BCUT2D eigenvalue weighted by atomic mass is 16.7. The first-order valence-corrected chi connectivity index (χ1v) is 9.48. The second kappa shape index (κ2) is 19.9. The molecule has 2 saturated heterocycles. The molecule has 2 aliphatic heterocycles. The van der Waals surface area contributed by atoms with Crippen LogP contribution in [0.15, 0.2) is 26.3 Å². The second-order valence-electron chi connectivity index (χ2n) is 5.66. The fourth-order valence-corrected chi connectivity index (χ4v) is 2.42. The molecule has 7 nitrogen and oxygen atoms in total. The van der Waals surface area contributed by atoms with E-state index in [0.717, 1.165) is 19.6 Å². The van der Waals surface area contributed by atoms with Gasteiger partial charge in [0.25, 0.3) is 0 Å². The molecule has 2 aliphatic rings. The standard InChI is InChI=1S/C11H20O4.C5H12O3.2C2H4/c1-3-12-5-4-10-14-7-9-11(15-10)8(2)6-13-9;1-2-8-4-3-5(6)7;2*1-2/h8-11H,3-7H2,1-2H3;5-7H,2-4H2,1H3;2*1-2H2/t8-,9+,10?,11+;;;/m0.../s1. The fraction of sp³-hybridized carbons (Fsp3) is 0.800. The summed E-state index contributed by atoms with van der Waals surface area (Å²) >= 11 is 0. The summed E-state index contributed by atoms with van der Waals surface area (Å²) in [5.41, 5.74) is 0. The lowest BCUT2D eigenvalue weighted by Crippen LogP contribution is -2.43. The summed E-state index contributed by atoms with van der Waals surface area (Å²) in [7, 11) is 0. The molecule has 2 fully saturated rings. The van der Waals surface area contributed by atoms with Crippen LogP contribution in [-0.4, -0.2) is 74.6 Å². The largest absolute Gasteiger partial charge is 0.382 e. The predicted molar refractivity (Wildman–Crippen MR) is 106 cm³/mol. The Morgan fingerprint density at radius 1 is 0.963 bits per heavy atom. The van der Waals surface area contributed by atoms with Gasteiger partial charge in [0.15, 0.2) is 12.6 Å². The van der Waals surface area contributed by atoms with Crippen LogP contribution in [0, 0.1) is 5.92 Å². The lowest BCUT2D eigenvalue weighted by molar-refractivity contribution is -0.247. The summed E-state index contributed by atoms with van der Waals surface area (Å²) in [5, 5.41) is 16.5. The average molecular weight is 393 g/mol. The van der Waals surface area contributed by atoms with Crippen LogP contribution >= 0.6 is 0 Å². The number of hydrogen-bond acceptors (Lipinski definition) is 7. The first-order valence-electron chi connectivity index (χ1n) is 9.48. The van der Waals surface area contributed by atoms with Crippen molar-refractivity contribution in [2.75, 3.05) is 39.6 Å². The molecule has 0 spiro atoms. The Morgan fingerprint density at radius 3 is 2.11 bits per heavy atom. The van der Waals surface area contributed by atoms with Gasteiger partial charge in [-0.05, 0) is 13.8 Å². The summed E-state index contributed by atoms with van der Waals surface area (Å²) in [4.78, 5) is 0. The van der Waals surface area contributed by atoms with Gasteiger partial charge in [-0.1, -0.05) is 6.92 Å². The van der Waals surface area contributed by atoms with E-state index in [1.165, 1.54) is 0 Å². The van der Waals surface area contributed by atoms with Gasteiger partial charge in [-0.25, -0.2) is 0 Å². The Labute approximate surface area is 164 Å². The molecule has 0 radical (unpaired) electrons. The lowest BCUT2D eigenvalue weighted by atomic mass is 10.0. The van der Waals surface area contributed by atoms with E-state index in [-0.39, 0.29) is 18.5 Å². The third-order valence-electron chi connectivity index (χ3n) is 3.68. The summed E-state index contributed by atoms with van der Waals surface area (Å²) in [6, 6.07) is 0. The van der Waals surface area contributed by atoms with Crippen LogP contribution in [0.25, 0.3) is 0 Å². The zero-order valence-corrected chi connectivity index (χ0v) is 17.3. The van der Waals surface area contributed by atoms with Gasteiger partial charge in [0.2, 0.25) is 0 Å². The topological polar surface area (TPSA) is 86.6 Å². The van der Waals surface area contributed by atoms with Crippen LogP contribution < -0.4 is 0 Å².